The standard InChI is InChI=1S/C24H15FN4O2S/c25-21-11-10-20(12-23(21)29(30)31)27-14-19(13-26)24-28-22(15-32-24)18-8-6-17(7-9-18)16-4-2-1-3-5-16/h1-12,14-15,27H/b19-14+. The van der Waals surface area contributed by atoms with E-state index in [1.807, 2.05) is 60.0 Å². The van der Waals surface area contributed by atoms with E-state index < -0.39 is 16.4 Å². The van der Waals surface area contributed by atoms with Crippen molar-refractivity contribution in [2.75, 3.05) is 5.32 Å². The molecule has 1 N–H and O–H groups in total. The van der Waals surface area contributed by atoms with E-state index in [0.29, 0.717) is 10.7 Å². The number of nitrogens with one attached hydrogen (secondary N) is 1. The Bertz CT molecular complexity index is 1340. The van der Waals surface area contributed by atoms with Crippen LogP contribution in [-0.4, -0.2) is 9.91 Å². The van der Waals surface area contributed by atoms with Crippen LogP contribution in [0.5, 0.6) is 0 Å². The van der Waals surface area contributed by atoms with Crippen molar-refractivity contribution in [1.82, 2.24) is 4.98 Å². The summed E-state index contributed by atoms with van der Waals surface area (Å²) in [4.78, 5) is 14.6. The van der Waals surface area contributed by atoms with Crippen molar-refractivity contribution in [2.45, 2.75) is 0 Å². The molecular formula is C24H15FN4O2S. The maximum absolute atomic E-state index is 13.5. The predicted molar refractivity (Wildman–Crippen MR) is 123 cm³/mol. The number of rotatable bonds is 6. The zero-order chi connectivity index (χ0) is 22.5. The summed E-state index contributed by atoms with van der Waals surface area (Å²) < 4.78 is 13.5. The molecule has 0 spiro atoms. The Labute approximate surface area is 187 Å². The molecule has 1 heterocycles. The summed E-state index contributed by atoms with van der Waals surface area (Å²) in [7, 11) is 0. The highest BCUT2D eigenvalue weighted by Crippen LogP contribution is 2.29. The fourth-order valence-electron chi connectivity index (χ4n) is 3.03. The largest absolute Gasteiger partial charge is 0.360 e. The number of halogens is 1. The van der Waals surface area contributed by atoms with Crippen molar-refractivity contribution in [3.63, 3.8) is 0 Å². The van der Waals surface area contributed by atoms with Gasteiger partial charge in [-0.15, -0.1) is 11.3 Å². The first-order chi connectivity index (χ1) is 15.5. The minimum atomic E-state index is -0.923. The van der Waals surface area contributed by atoms with Gasteiger partial charge in [0.05, 0.1) is 10.6 Å². The third-order valence-electron chi connectivity index (χ3n) is 4.67. The zero-order valence-electron chi connectivity index (χ0n) is 16.5. The van der Waals surface area contributed by atoms with Crippen molar-refractivity contribution in [3.8, 4) is 28.5 Å². The van der Waals surface area contributed by atoms with Gasteiger partial charge >= 0.3 is 5.69 Å². The number of hydrogen-bond donors (Lipinski definition) is 1. The van der Waals surface area contributed by atoms with Crippen molar-refractivity contribution in [2.24, 2.45) is 0 Å². The molecule has 0 radical (unpaired) electrons. The zero-order valence-corrected chi connectivity index (χ0v) is 17.3. The summed E-state index contributed by atoms with van der Waals surface area (Å²) in [5.41, 5.74) is 3.79. The highest BCUT2D eigenvalue weighted by atomic mass is 32.1. The number of nitriles is 1. The Morgan fingerprint density at radius 2 is 1.75 bits per heavy atom. The van der Waals surface area contributed by atoms with Gasteiger partial charge in [0.25, 0.3) is 0 Å². The van der Waals surface area contributed by atoms with Crippen molar-refractivity contribution in [3.05, 3.63) is 105 Å². The van der Waals surface area contributed by atoms with E-state index in [1.54, 1.807) is 0 Å². The van der Waals surface area contributed by atoms with Crippen LogP contribution >= 0.6 is 11.3 Å². The van der Waals surface area contributed by atoms with E-state index in [4.69, 9.17) is 0 Å². The molecule has 4 rings (SSSR count). The monoisotopic (exact) mass is 442 g/mol. The Kier molecular flexibility index (Phi) is 6.01. The number of benzene rings is 3. The lowest BCUT2D eigenvalue weighted by atomic mass is 10.0. The van der Waals surface area contributed by atoms with Gasteiger partial charge in [-0.05, 0) is 23.3 Å². The minimum Gasteiger partial charge on any atom is -0.360 e. The molecular weight excluding hydrogens is 427 g/mol. The number of nitrogens with zero attached hydrogens (tertiary/aromatic N) is 3. The highest BCUT2D eigenvalue weighted by Gasteiger charge is 2.14. The number of nitro groups is 1. The predicted octanol–water partition coefficient (Wildman–Crippen LogP) is 6.50. The van der Waals surface area contributed by atoms with E-state index in [1.165, 1.54) is 23.6 Å². The molecule has 0 aliphatic rings. The minimum absolute atomic E-state index is 0.258. The molecule has 156 valence electrons. The first kappa shape index (κ1) is 20.9. The summed E-state index contributed by atoms with van der Waals surface area (Å²) in [5, 5.41) is 25.6. The molecule has 6 nitrogen and oxygen atoms in total. The number of aromatic nitrogens is 1. The van der Waals surface area contributed by atoms with Crippen LogP contribution in [0.15, 0.2) is 84.4 Å². The average Bonchev–Trinajstić information content (AvgIpc) is 3.31. The molecule has 4 aromatic rings. The number of nitro benzene ring substituents is 1. The average molecular weight is 442 g/mol. The number of allylic oxidation sites excluding steroid dienone is 1. The summed E-state index contributed by atoms with van der Waals surface area (Å²) in [5.74, 6) is -0.923. The van der Waals surface area contributed by atoms with E-state index in [-0.39, 0.29) is 5.57 Å². The lowest BCUT2D eigenvalue weighted by Gasteiger charge is -2.03. The molecule has 1 aromatic heterocycles. The molecule has 0 aliphatic heterocycles. The number of hydrogen-bond acceptors (Lipinski definition) is 6. The fraction of sp³-hybridized carbons (Fsp3) is 0. The van der Waals surface area contributed by atoms with Gasteiger partial charge in [-0.1, -0.05) is 54.6 Å². The van der Waals surface area contributed by atoms with Crippen LogP contribution in [0.3, 0.4) is 0 Å². The van der Waals surface area contributed by atoms with Crippen LogP contribution in [0.1, 0.15) is 5.01 Å². The molecule has 0 atom stereocenters. The fourth-order valence-corrected chi connectivity index (χ4v) is 3.83. The van der Waals surface area contributed by atoms with E-state index in [9.17, 15) is 19.8 Å². The summed E-state index contributed by atoms with van der Waals surface area (Å²) >= 11 is 1.31. The Balaban J connectivity index is 1.53. The maximum atomic E-state index is 13.5. The first-order valence-corrected chi connectivity index (χ1v) is 10.4. The van der Waals surface area contributed by atoms with Crippen LogP contribution in [0.25, 0.3) is 28.0 Å². The molecule has 0 fully saturated rings. The molecule has 0 bridgehead atoms. The third-order valence-corrected chi connectivity index (χ3v) is 5.54. The molecule has 0 saturated carbocycles. The van der Waals surface area contributed by atoms with Crippen molar-refractivity contribution in [1.29, 1.82) is 5.26 Å². The second-order valence-electron chi connectivity index (χ2n) is 6.72. The summed E-state index contributed by atoms with van der Waals surface area (Å²) in [6.07, 6.45) is 1.40. The smallest absolute Gasteiger partial charge is 0.306 e. The van der Waals surface area contributed by atoms with Gasteiger partial charge in [-0.25, -0.2) is 4.98 Å². The maximum Gasteiger partial charge on any atom is 0.306 e. The lowest BCUT2D eigenvalue weighted by molar-refractivity contribution is -0.387. The quantitative estimate of drug-likeness (QED) is 0.209. The summed E-state index contributed by atoms with van der Waals surface area (Å²) in [6, 6.07) is 23.5. The van der Waals surface area contributed by atoms with E-state index in [0.717, 1.165) is 34.5 Å². The van der Waals surface area contributed by atoms with Crippen molar-refractivity contribution < 1.29 is 9.31 Å². The lowest BCUT2D eigenvalue weighted by Crippen LogP contribution is -1.96. The van der Waals surface area contributed by atoms with Crippen LogP contribution in [0.2, 0.25) is 0 Å². The Morgan fingerprint density at radius 1 is 1.06 bits per heavy atom. The molecule has 0 aliphatic carbocycles. The van der Waals surface area contributed by atoms with Crippen LogP contribution < -0.4 is 5.32 Å². The molecule has 0 saturated heterocycles. The second-order valence-corrected chi connectivity index (χ2v) is 7.58. The van der Waals surface area contributed by atoms with E-state index >= 15 is 0 Å². The highest BCUT2D eigenvalue weighted by molar-refractivity contribution is 7.11. The van der Waals surface area contributed by atoms with Crippen LogP contribution in [-0.2, 0) is 0 Å². The van der Waals surface area contributed by atoms with Crippen molar-refractivity contribution >= 4 is 28.3 Å². The summed E-state index contributed by atoms with van der Waals surface area (Å²) in [6.45, 7) is 0. The normalized spacial score (nSPS) is 11.1. The van der Waals surface area contributed by atoms with Gasteiger partial charge in [0.15, 0.2) is 0 Å². The van der Waals surface area contributed by atoms with E-state index in [2.05, 4.69) is 16.4 Å². The van der Waals surface area contributed by atoms with Gasteiger partial charge in [0.2, 0.25) is 5.82 Å². The third kappa shape index (κ3) is 4.53. The van der Waals surface area contributed by atoms with Crippen LogP contribution in [0, 0.1) is 27.3 Å². The van der Waals surface area contributed by atoms with Gasteiger partial charge in [0, 0.05) is 28.9 Å². The van der Waals surface area contributed by atoms with Crippen LogP contribution in [0.4, 0.5) is 15.8 Å². The molecule has 8 heteroatoms. The molecule has 32 heavy (non-hydrogen) atoms. The number of thiazole rings is 1. The van der Waals surface area contributed by atoms with Gasteiger partial charge < -0.3 is 5.32 Å². The first-order valence-electron chi connectivity index (χ1n) is 9.47. The molecule has 0 amide bonds. The van der Waals surface area contributed by atoms with Gasteiger partial charge in [-0.3, -0.25) is 10.1 Å². The SMILES string of the molecule is N#C/C(=C\Nc1ccc(F)c([N+](=O)[O-])c1)c1nc(-c2ccc(-c3ccccc3)cc2)cs1. The molecule has 0 unspecified atom stereocenters. The van der Waals surface area contributed by atoms with Gasteiger partial charge in [-0.2, -0.15) is 9.65 Å². The number of anilines is 1. The molecule has 3 aromatic carbocycles. The van der Waals surface area contributed by atoms with Gasteiger partial charge in [0.1, 0.15) is 16.6 Å². The topological polar surface area (TPSA) is 91.8 Å². The Hall–Kier alpha value is -4.35. The second kappa shape index (κ2) is 9.20. The Morgan fingerprint density at radius 3 is 2.44 bits per heavy atom.